The number of amides is 1. The summed E-state index contributed by atoms with van der Waals surface area (Å²) in [6.07, 6.45) is 3.41. The van der Waals surface area contributed by atoms with E-state index in [-0.39, 0.29) is 12.5 Å². The molecule has 1 saturated heterocycles. The molecule has 0 saturated carbocycles. The maximum Gasteiger partial charge on any atom is 0.262 e. The number of nitrogens with zero attached hydrogens (tertiary/aromatic N) is 1. The second-order valence-corrected chi connectivity index (χ2v) is 6.83. The topological polar surface area (TPSA) is 50.8 Å². The predicted octanol–water partition coefficient (Wildman–Crippen LogP) is 4.40. The van der Waals surface area contributed by atoms with E-state index in [4.69, 9.17) is 9.47 Å². The summed E-state index contributed by atoms with van der Waals surface area (Å²) in [4.78, 5) is 14.7. The molecule has 144 valence electrons. The van der Waals surface area contributed by atoms with Gasteiger partial charge in [-0.05, 0) is 62.1 Å². The highest BCUT2D eigenvalue weighted by molar-refractivity contribution is 5.93. The molecule has 0 aromatic heterocycles. The molecule has 0 bridgehead atoms. The Labute approximate surface area is 161 Å². The first-order valence-corrected chi connectivity index (χ1v) is 9.67. The molecule has 2 aromatic carbocycles. The van der Waals surface area contributed by atoms with Crippen molar-refractivity contribution in [2.75, 3.05) is 36.5 Å². The number of carbonyl (C=O) groups is 1. The van der Waals surface area contributed by atoms with Gasteiger partial charge in [0.15, 0.2) is 18.1 Å². The van der Waals surface area contributed by atoms with Gasteiger partial charge >= 0.3 is 0 Å². The fourth-order valence-corrected chi connectivity index (χ4v) is 3.19. The second kappa shape index (κ2) is 9.31. The average Bonchev–Trinajstić information content (AvgIpc) is 3.22. The van der Waals surface area contributed by atoms with E-state index < -0.39 is 0 Å². The lowest BCUT2D eigenvalue weighted by molar-refractivity contribution is -0.118. The number of anilines is 2. The Morgan fingerprint density at radius 2 is 1.78 bits per heavy atom. The Kier molecular flexibility index (Phi) is 6.58. The summed E-state index contributed by atoms with van der Waals surface area (Å²) in [5, 5.41) is 2.94. The number of hydrogen-bond acceptors (Lipinski definition) is 4. The molecule has 1 aliphatic rings. The lowest BCUT2D eigenvalue weighted by Gasteiger charge is -2.19. The van der Waals surface area contributed by atoms with Gasteiger partial charge < -0.3 is 19.7 Å². The number of para-hydroxylation sites is 2. The molecule has 5 nitrogen and oxygen atoms in total. The third-order valence-corrected chi connectivity index (χ3v) is 4.62. The normalized spacial score (nSPS) is 13.5. The fraction of sp³-hybridized carbons (Fsp3) is 0.409. The molecule has 0 spiro atoms. The highest BCUT2D eigenvalue weighted by atomic mass is 16.5. The molecule has 5 heteroatoms. The Hall–Kier alpha value is -2.69. The predicted molar refractivity (Wildman–Crippen MR) is 109 cm³/mol. The molecule has 0 aliphatic carbocycles. The smallest absolute Gasteiger partial charge is 0.262 e. The van der Waals surface area contributed by atoms with E-state index in [0.29, 0.717) is 18.1 Å². The van der Waals surface area contributed by atoms with Crippen LogP contribution < -0.4 is 19.7 Å². The van der Waals surface area contributed by atoms with Gasteiger partial charge in [0, 0.05) is 24.5 Å². The highest BCUT2D eigenvalue weighted by Crippen LogP contribution is 2.27. The van der Waals surface area contributed by atoms with Crippen LogP contribution in [0.2, 0.25) is 0 Å². The van der Waals surface area contributed by atoms with E-state index in [9.17, 15) is 4.79 Å². The Bertz CT molecular complexity index is 770. The molecule has 0 atom stereocenters. The van der Waals surface area contributed by atoms with Crippen molar-refractivity contribution in [1.82, 2.24) is 0 Å². The molecule has 27 heavy (non-hydrogen) atoms. The minimum absolute atomic E-state index is 0.0557. The first kappa shape index (κ1) is 19.1. The van der Waals surface area contributed by atoms with E-state index in [0.717, 1.165) is 30.8 Å². The number of hydrogen-bond donors (Lipinski definition) is 1. The van der Waals surface area contributed by atoms with Crippen molar-refractivity contribution < 1.29 is 14.3 Å². The van der Waals surface area contributed by atoms with Crippen LogP contribution in [0.3, 0.4) is 0 Å². The lowest BCUT2D eigenvalue weighted by atomic mass is 10.1. The SMILES string of the molecule is CCCOc1ccccc1OCC(=O)Nc1ccc(N2CCCC2)cc1C. The molecule has 1 aliphatic heterocycles. The van der Waals surface area contributed by atoms with E-state index >= 15 is 0 Å². The second-order valence-electron chi connectivity index (χ2n) is 6.83. The van der Waals surface area contributed by atoms with Crippen molar-refractivity contribution in [3.63, 3.8) is 0 Å². The van der Waals surface area contributed by atoms with Crippen LogP contribution in [0.25, 0.3) is 0 Å². The average molecular weight is 368 g/mol. The maximum absolute atomic E-state index is 12.3. The van der Waals surface area contributed by atoms with Crippen molar-refractivity contribution in [3.05, 3.63) is 48.0 Å². The van der Waals surface area contributed by atoms with Gasteiger partial charge in [0.25, 0.3) is 5.91 Å². The fourth-order valence-electron chi connectivity index (χ4n) is 3.19. The quantitative estimate of drug-likeness (QED) is 0.750. The van der Waals surface area contributed by atoms with Crippen LogP contribution in [0.5, 0.6) is 11.5 Å². The van der Waals surface area contributed by atoms with E-state index in [1.165, 1.54) is 18.5 Å². The molecule has 1 amide bonds. The van der Waals surface area contributed by atoms with Crippen LogP contribution in [-0.4, -0.2) is 32.2 Å². The number of aryl methyl sites for hydroxylation is 1. The summed E-state index contributed by atoms with van der Waals surface area (Å²) in [5.74, 6) is 1.07. The first-order chi connectivity index (χ1) is 13.2. The summed E-state index contributed by atoms with van der Waals surface area (Å²) in [6.45, 7) is 6.85. The molecular weight excluding hydrogens is 340 g/mol. The largest absolute Gasteiger partial charge is 0.490 e. The van der Waals surface area contributed by atoms with Crippen LogP contribution >= 0.6 is 0 Å². The minimum Gasteiger partial charge on any atom is -0.490 e. The van der Waals surface area contributed by atoms with Gasteiger partial charge in [-0.25, -0.2) is 0 Å². The molecule has 3 rings (SSSR count). The third kappa shape index (κ3) is 5.16. The zero-order valence-corrected chi connectivity index (χ0v) is 16.2. The van der Waals surface area contributed by atoms with Gasteiger partial charge in [-0.2, -0.15) is 0 Å². The molecule has 0 radical (unpaired) electrons. The number of ether oxygens (including phenoxy) is 2. The Morgan fingerprint density at radius 3 is 2.44 bits per heavy atom. The number of rotatable bonds is 8. The summed E-state index contributed by atoms with van der Waals surface area (Å²) in [6, 6.07) is 13.6. The number of carbonyl (C=O) groups excluding carboxylic acids is 1. The molecule has 1 fully saturated rings. The van der Waals surface area contributed by atoms with Crippen molar-refractivity contribution >= 4 is 17.3 Å². The Morgan fingerprint density at radius 1 is 1.07 bits per heavy atom. The van der Waals surface area contributed by atoms with Crippen LogP contribution in [0.15, 0.2) is 42.5 Å². The molecule has 0 unspecified atom stereocenters. The van der Waals surface area contributed by atoms with Crippen molar-refractivity contribution in [2.45, 2.75) is 33.1 Å². The molecule has 2 aromatic rings. The maximum atomic E-state index is 12.3. The van der Waals surface area contributed by atoms with E-state index in [1.54, 1.807) is 0 Å². The minimum atomic E-state index is -0.183. The van der Waals surface area contributed by atoms with Crippen molar-refractivity contribution in [1.29, 1.82) is 0 Å². The van der Waals surface area contributed by atoms with Gasteiger partial charge in [0.05, 0.1) is 6.61 Å². The third-order valence-electron chi connectivity index (χ3n) is 4.62. The Balaban J connectivity index is 1.56. The van der Waals surface area contributed by atoms with Gasteiger partial charge in [-0.3, -0.25) is 4.79 Å². The van der Waals surface area contributed by atoms with Crippen LogP contribution in [0, 0.1) is 6.92 Å². The van der Waals surface area contributed by atoms with Gasteiger partial charge in [0.2, 0.25) is 0 Å². The number of nitrogens with one attached hydrogen (secondary N) is 1. The number of benzene rings is 2. The van der Waals surface area contributed by atoms with Crippen LogP contribution in [0.1, 0.15) is 31.7 Å². The molecular formula is C22H28N2O3. The van der Waals surface area contributed by atoms with Crippen molar-refractivity contribution in [3.8, 4) is 11.5 Å². The first-order valence-electron chi connectivity index (χ1n) is 9.67. The molecule has 1 heterocycles. The highest BCUT2D eigenvalue weighted by Gasteiger charge is 2.14. The van der Waals surface area contributed by atoms with Crippen LogP contribution in [-0.2, 0) is 4.79 Å². The van der Waals surface area contributed by atoms with E-state index in [2.05, 4.69) is 22.3 Å². The standard InChI is InChI=1S/C22H28N2O3/c1-3-14-26-20-8-4-5-9-21(20)27-16-22(25)23-19-11-10-18(15-17(19)2)24-12-6-7-13-24/h4-5,8-11,15H,3,6-7,12-14,16H2,1-2H3,(H,23,25). The van der Waals surface area contributed by atoms with Crippen molar-refractivity contribution in [2.24, 2.45) is 0 Å². The van der Waals surface area contributed by atoms with Gasteiger partial charge in [-0.1, -0.05) is 19.1 Å². The summed E-state index contributed by atoms with van der Waals surface area (Å²) in [7, 11) is 0. The molecule has 1 N–H and O–H groups in total. The van der Waals surface area contributed by atoms with Crippen LogP contribution in [0.4, 0.5) is 11.4 Å². The summed E-state index contributed by atoms with van der Waals surface area (Å²) < 4.78 is 11.3. The lowest BCUT2D eigenvalue weighted by Crippen LogP contribution is -2.21. The van der Waals surface area contributed by atoms with Gasteiger partial charge in [0.1, 0.15) is 0 Å². The summed E-state index contributed by atoms with van der Waals surface area (Å²) >= 11 is 0. The summed E-state index contributed by atoms with van der Waals surface area (Å²) in [5.41, 5.74) is 3.10. The monoisotopic (exact) mass is 368 g/mol. The zero-order chi connectivity index (χ0) is 19.1. The van der Waals surface area contributed by atoms with E-state index in [1.807, 2.05) is 44.2 Å². The zero-order valence-electron chi connectivity index (χ0n) is 16.2. The van der Waals surface area contributed by atoms with Gasteiger partial charge in [-0.15, -0.1) is 0 Å².